The molecule has 0 radical (unpaired) electrons. The molecular formula is C13H16F4N2O2. The summed E-state index contributed by atoms with van der Waals surface area (Å²) < 4.78 is 54.3. The number of nitrogens with two attached hydrogens (primary N) is 1. The number of nitrogens with one attached hydrogen (secondary N) is 1. The van der Waals surface area contributed by atoms with Gasteiger partial charge in [0.25, 0.3) is 0 Å². The van der Waals surface area contributed by atoms with Gasteiger partial charge in [0, 0.05) is 18.7 Å². The molecule has 0 aliphatic rings. The molecule has 1 rings (SSSR count). The van der Waals surface area contributed by atoms with Crippen LogP contribution in [0.3, 0.4) is 0 Å². The number of hydrogen-bond donors (Lipinski definition) is 2. The smallest absolute Gasteiger partial charge is 0.399 e. The molecule has 1 aromatic carbocycles. The third-order valence-corrected chi connectivity index (χ3v) is 2.64. The van der Waals surface area contributed by atoms with E-state index < -0.39 is 24.0 Å². The van der Waals surface area contributed by atoms with Gasteiger partial charge in [-0.25, -0.2) is 4.39 Å². The van der Waals surface area contributed by atoms with E-state index in [4.69, 9.17) is 5.73 Å². The van der Waals surface area contributed by atoms with Crippen LogP contribution in [0.1, 0.15) is 19.8 Å². The van der Waals surface area contributed by atoms with Crippen LogP contribution >= 0.6 is 0 Å². The molecule has 1 unspecified atom stereocenters. The van der Waals surface area contributed by atoms with Crippen molar-refractivity contribution in [3.63, 3.8) is 0 Å². The van der Waals surface area contributed by atoms with Gasteiger partial charge in [-0.05, 0) is 31.5 Å². The van der Waals surface area contributed by atoms with Gasteiger partial charge in [0.2, 0.25) is 5.91 Å². The van der Waals surface area contributed by atoms with Crippen LogP contribution in [0.4, 0.5) is 28.9 Å². The molecule has 8 heteroatoms. The zero-order valence-electron chi connectivity index (χ0n) is 11.3. The topological polar surface area (TPSA) is 64.3 Å². The Kier molecular flexibility index (Phi) is 5.95. The summed E-state index contributed by atoms with van der Waals surface area (Å²) in [7, 11) is 0. The van der Waals surface area contributed by atoms with Crippen molar-refractivity contribution in [2.45, 2.75) is 32.0 Å². The largest absolute Gasteiger partial charge is 0.414 e. The van der Waals surface area contributed by atoms with Gasteiger partial charge in [0.1, 0.15) is 5.82 Å². The number of halogens is 4. The summed E-state index contributed by atoms with van der Waals surface area (Å²) >= 11 is 0. The van der Waals surface area contributed by atoms with E-state index in [1.807, 2.05) is 0 Å². The maximum Gasteiger partial charge on any atom is 0.414 e. The van der Waals surface area contributed by atoms with E-state index in [1.165, 1.54) is 12.1 Å². The summed E-state index contributed by atoms with van der Waals surface area (Å²) in [6, 6.07) is 3.71. The predicted molar refractivity (Wildman–Crippen MR) is 70.1 cm³/mol. The van der Waals surface area contributed by atoms with Crippen molar-refractivity contribution in [2.75, 3.05) is 17.7 Å². The van der Waals surface area contributed by atoms with Gasteiger partial charge in [-0.1, -0.05) is 0 Å². The number of rotatable bonds is 6. The molecule has 0 heterocycles. The standard InChI is InChI=1S/C13H16F4N2O2/c1-8(13(15,16)17)21-6-2-3-12(20)19-11-7-9(18)4-5-10(11)14/h4-5,7-8H,2-3,6,18H2,1H3,(H,19,20). The average molecular weight is 308 g/mol. The second-order valence-corrected chi connectivity index (χ2v) is 4.45. The van der Waals surface area contributed by atoms with Crippen molar-refractivity contribution >= 4 is 17.3 Å². The zero-order chi connectivity index (χ0) is 16.0. The van der Waals surface area contributed by atoms with Crippen LogP contribution in [0.15, 0.2) is 18.2 Å². The van der Waals surface area contributed by atoms with Gasteiger partial charge in [-0.2, -0.15) is 13.2 Å². The minimum atomic E-state index is -4.42. The summed E-state index contributed by atoms with van der Waals surface area (Å²) in [4.78, 5) is 11.5. The van der Waals surface area contributed by atoms with E-state index in [0.29, 0.717) is 0 Å². The Morgan fingerprint density at radius 2 is 2.10 bits per heavy atom. The molecule has 1 amide bonds. The summed E-state index contributed by atoms with van der Waals surface area (Å²) in [5.41, 5.74) is 5.68. The van der Waals surface area contributed by atoms with E-state index >= 15 is 0 Å². The van der Waals surface area contributed by atoms with E-state index in [2.05, 4.69) is 10.1 Å². The number of ether oxygens (including phenoxy) is 1. The molecule has 0 bridgehead atoms. The molecule has 4 nitrogen and oxygen atoms in total. The monoisotopic (exact) mass is 308 g/mol. The van der Waals surface area contributed by atoms with Crippen molar-refractivity contribution in [1.82, 2.24) is 0 Å². The van der Waals surface area contributed by atoms with E-state index in [0.717, 1.165) is 13.0 Å². The molecule has 118 valence electrons. The van der Waals surface area contributed by atoms with Gasteiger partial charge in [0.15, 0.2) is 6.10 Å². The number of nitrogen functional groups attached to an aromatic ring is 1. The van der Waals surface area contributed by atoms with Gasteiger partial charge >= 0.3 is 6.18 Å². The number of hydrogen-bond acceptors (Lipinski definition) is 3. The van der Waals surface area contributed by atoms with Crippen LogP contribution < -0.4 is 11.1 Å². The lowest BCUT2D eigenvalue weighted by molar-refractivity contribution is -0.214. The number of anilines is 2. The molecule has 0 saturated carbocycles. The lowest BCUT2D eigenvalue weighted by atomic mass is 10.2. The summed E-state index contributed by atoms with van der Waals surface area (Å²) in [5, 5.41) is 2.30. The van der Waals surface area contributed by atoms with Crippen LogP contribution in [0, 0.1) is 5.82 Å². The van der Waals surface area contributed by atoms with Crippen molar-refractivity contribution in [3.8, 4) is 0 Å². The fraction of sp³-hybridized carbons (Fsp3) is 0.462. The first-order valence-electron chi connectivity index (χ1n) is 6.23. The molecule has 0 aromatic heterocycles. The third kappa shape index (κ3) is 5.99. The molecule has 0 fully saturated rings. The Balaban J connectivity index is 2.33. The second kappa shape index (κ2) is 7.26. The molecule has 0 saturated heterocycles. The molecular weight excluding hydrogens is 292 g/mol. The number of benzene rings is 1. The number of amides is 1. The van der Waals surface area contributed by atoms with Crippen molar-refractivity contribution in [1.29, 1.82) is 0 Å². The molecule has 3 N–H and O–H groups in total. The Hall–Kier alpha value is -1.83. The zero-order valence-corrected chi connectivity index (χ0v) is 11.3. The first-order chi connectivity index (χ1) is 9.70. The molecule has 21 heavy (non-hydrogen) atoms. The summed E-state index contributed by atoms with van der Waals surface area (Å²) in [6.45, 7) is 0.676. The predicted octanol–water partition coefficient (Wildman–Crippen LogP) is 3.09. The first-order valence-corrected chi connectivity index (χ1v) is 6.23. The van der Waals surface area contributed by atoms with Crippen LogP contribution in [0.5, 0.6) is 0 Å². The summed E-state index contributed by atoms with van der Waals surface area (Å²) in [6.07, 6.45) is -6.30. The molecule has 0 aliphatic carbocycles. The molecule has 0 spiro atoms. The third-order valence-electron chi connectivity index (χ3n) is 2.64. The average Bonchev–Trinajstić information content (AvgIpc) is 2.37. The highest BCUT2D eigenvalue weighted by molar-refractivity contribution is 5.91. The quantitative estimate of drug-likeness (QED) is 0.482. The van der Waals surface area contributed by atoms with Gasteiger partial charge in [0.05, 0.1) is 5.69 Å². The summed E-state index contributed by atoms with van der Waals surface area (Å²) in [5.74, 6) is -1.16. The normalized spacial score (nSPS) is 13.0. The van der Waals surface area contributed by atoms with E-state index in [9.17, 15) is 22.4 Å². The Morgan fingerprint density at radius 1 is 1.43 bits per heavy atom. The number of carbonyl (C=O) groups is 1. The highest BCUT2D eigenvalue weighted by atomic mass is 19.4. The minimum absolute atomic E-state index is 0.0652. The maximum absolute atomic E-state index is 13.3. The van der Waals surface area contributed by atoms with Crippen molar-refractivity contribution in [3.05, 3.63) is 24.0 Å². The maximum atomic E-state index is 13.3. The van der Waals surface area contributed by atoms with Crippen LogP contribution in [0.25, 0.3) is 0 Å². The Bertz CT molecular complexity index is 492. The number of alkyl halides is 3. The molecule has 0 aliphatic heterocycles. The second-order valence-electron chi connectivity index (χ2n) is 4.45. The van der Waals surface area contributed by atoms with Crippen LogP contribution in [-0.2, 0) is 9.53 Å². The Labute approximate surface area is 119 Å². The van der Waals surface area contributed by atoms with Gasteiger partial charge in [-0.3, -0.25) is 4.79 Å². The lowest BCUT2D eigenvalue weighted by Crippen LogP contribution is -2.29. The Morgan fingerprint density at radius 3 is 2.71 bits per heavy atom. The van der Waals surface area contributed by atoms with Crippen molar-refractivity contribution < 1.29 is 27.1 Å². The highest BCUT2D eigenvalue weighted by Crippen LogP contribution is 2.22. The highest BCUT2D eigenvalue weighted by Gasteiger charge is 2.36. The van der Waals surface area contributed by atoms with Gasteiger partial charge in [-0.15, -0.1) is 0 Å². The number of carbonyl (C=O) groups excluding carboxylic acids is 1. The molecule has 1 aromatic rings. The fourth-order valence-electron chi connectivity index (χ4n) is 1.44. The van der Waals surface area contributed by atoms with Gasteiger partial charge < -0.3 is 15.8 Å². The van der Waals surface area contributed by atoms with E-state index in [1.54, 1.807) is 0 Å². The lowest BCUT2D eigenvalue weighted by Gasteiger charge is -2.16. The van der Waals surface area contributed by atoms with Crippen LogP contribution in [0.2, 0.25) is 0 Å². The van der Waals surface area contributed by atoms with Crippen LogP contribution in [-0.4, -0.2) is 24.8 Å². The minimum Gasteiger partial charge on any atom is -0.399 e. The van der Waals surface area contributed by atoms with E-state index in [-0.39, 0.29) is 30.8 Å². The first kappa shape index (κ1) is 17.2. The SMILES string of the molecule is CC(OCCCC(=O)Nc1cc(N)ccc1F)C(F)(F)F. The fourth-order valence-corrected chi connectivity index (χ4v) is 1.44. The molecule has 1 atom stereocenters. The van der Waals surface area contributed by atoms with Crippen molar-refractivity contribution in [2.24, 2.45) is 0 Å².